The van der Waals surface area contributed by atoms with Crippen molar-refractivity contribution in [1.29, 1.82) is 0 Å². The molecule has 23 heavy (non-hydrogen) atoms. The first-order valence-corrected chi connectivity index (χ1v) is 6.65. The summed E-state index contributed by atoms with van der Waals surface area (Å²) in [6.45, 7) is 0. The molecule has 8 nitrogen and oxygen atoms in total. The van der Waals surface area contributed by atoms with Gasteiger partial charge in [0.2, 0.25) is 0 Å². The minimum absolute atomic E-state index is 0.890. The van der Waals surface area contributed by atoms with Crippen LogP contribution in [0.15, 0.2) is 30.3 Å². The van der Waals surface area contributed by atoms with Crippen molar-refractivity contribution in [2.75, 3.05) is 21.1 Å². The number of nitrogens with zero attached hydrogens (tertiary/aromatic N) is 1. The standard InChI is InChI=1S/C9H14N.C6H8O7/c1-10(2,3)9-7-5-4-6-8-9;7-3(8)1-6(13,5(11)12)2-4(9)10/h4-8H,1-3H3;13H,1-2H2,(H,7,8)(H,9,10)(H,11,12)/q+1;. The highest BCUT2D eigenvalue weighted by atomic mass is 16.4. The zero-order chi connectivity index (χ0) is 18.3. The van der Waals surface area contributed by atoms with E-state index >= 15 is 0 Å². The zero-order valence-electron chi connectivity index (χ0n) is 13.3. The van der Waals surface area contributed by atoms with Gasteiger partial charge in [0.25, 0.3) is 0 Å². The second kappa shape index (κ2) is 8.25. The van der Waals surface area contributed by atoms with Gasteiger partial charge >= 0.3 is 17.9 Å². The Hall–Kier alpha value is -2.45. The maximum atomic E-state index is 10.3. The molecule has 0 fully saturated rings. The fourth-order valence-electron chi connectivity index (χ4n) is 1.59. The van der Waals surface area contributed by atoms with Gasteiger partial charge < -0.3 is 20.4 Å². The fourth-order valence-corrected chi connectivity index (χ4v) is 1.59. The average Bonchev–Trinajstić information content (AvgIpc) is 2.37. The number of hydrogen-bond donors (Lipinski definition) is 4. The lowest BCUT2D eigenvalue weighted by Gasteiger charge is -2.22. The van der Waals surface area contributed by atoms with Gasteiger partial charge in [-0.05, 0) is 12.1 Å². The van der Waals surface area contributed by atoms with Crippen molar-refractivity contribution in [1.82, 2.24) is 4.48 Å². The molecule has 4 N–H and O–H groups in total. The maximum absolute atomic E-state index is 10.3. The van der Waals surface area contributed by atoms with Gasteiger partial charge in [-0.3, -0.25) is 14.1 Å². The number of aliphatic hydroxyl groups is 1. The predicted octanol–water partition coefficient (Wildman–Crippen LogP) is 0.635. The van der Waals surface area contributed by atoms with E-state index in [1.807, 2.05) is 6.07 Å². The van der Waals surface area contributed by atoms with Crippen molar-refractivity contribution in [3.05, 3.63) is 30.3 Å². The zero-order valence-corrected chi connectivity index (χ0v) is 13.3. The lowest BCUT2D eigenvalue weighted by atomic mass is 9.96. The number of quaternary nitrogens is 1. The molecular formula is C15H22NO7+. The van der Waals surface area contributed by atoms with Gasteiger partial charge in [0.15, 0.2) is 5.60 Å². The Morgan fingerprint density at radius 1 is 0.913 bits per heavy atom. The first-order chi connectivity index (χ1) is 10.4. The third-order valence-corrected chi connectivity index (χ3v) is 2.82. The monoisotopic (exact) mass is 328 g/mol. The van der Waals surface area contributed by atoms with E-state index < -0.39 is 36.4 Å². The van der Waals surface area contributed by atoms with E-state index in [4.69, 9.17) is 20.4 Å². The van der Waals surface area contributed by atoms with E-state index in [2.05, 4.69) is 45.4 Å². The SMILES string of the molecule is C[N+](C)(C)c1ccccc1.O=C(O)CC(O)(CC(=O)O)C(=O)O. The maximum Gasteiger partial charge on any atom is 0.336 e. The molecule has 0 heterocycles. The third-order valence-electron chi connectivity index (χ3n) is 2.82. The molecule has 0 aliphatic heterocycles. The number of benzene rings is 1. The van der Waals surface area contributed by atoms with Gasteiger partial charge in [0.05, 0.1) is 34.0 Å². The molecular weight excluding hydrogens is 306 g/mol. The smallest absolute Gasteiger partial charge is 0.336 e. The van der Waals surface area contributed by atoms with Gasteiger partial charge in [0, 0.05) is 0 Å². The normalized spacial score (nSPS) is 11.1. The lowest BCUT2D eigenvalue weighted by Crippen LogP contribution is -2.42. The van der Waals surface area contributed by atoms with Crippen molar-refractivity contribution in [3.63, 3.8) is 0 Å². The van der Waals surface area contributed by atoms with Crippen LogP contribution in [0.5, 0.6) is 0 Å². The topological polar surface area (TPSA) is 132 Å². The summed E-state index contributed by atoms with van der Waals surface area (Å²) < 4.78 is 0.890. The molecule has 0 bridgehead atoms. The molecule has 0 atom stereocenters. The Labute approximate surface area is 133 Å². The summed E-state index contributed by atoms with van der Waals surface area (Å²) in [6.07, 6.45) is -2.29. The van der Waals surface area contributed by atoms with Gasteiger partial charge in [-0.2, -0.15) is 0 Å². The second-order valence-corrected chi connectivity index (χ2v) is 5.83. The molecule has 0 aromatic heterocycles. The van der Waals surface area contributed by atoms with Crippen LogP contribution in [0, 0.1) is 0 Å². The largest absolute Gasteiger partial charge is 0.481 e. The van der Waals surface area contributed by atoms with Crippen LogP contribution in [-0.4, -0.2) is 65.1 Å². The molecule has 0 spiro atoms. The number of carbonyl (C=O) groups is 3. The third kappa shape index (κ3) is 7.93. The number of hydrogen-bond acceptors (Lipinski definition) is 4. The van der Waals surface area contributed by atoms with Crippen molar-refractivity contribution >= 4 is 23.6 Å². The van der Waals surface area contributed by atoms with Crippen LogP contribution in [0.3, 0.4) is 0 Å². The Balaban J connectivity index is 0.000000433. The van der Waals surface area contributed by atoms with Gasteiger partial charge in [-0.25, -0.2) is 4.79 Å². The molecule has 0 aliphatic carbocycles. The summed E-state index contributed by atoms with van der Waals surface area (Å²) >= 11 is 0. The van der Waals surface area contributed by atoms with Crippen molar-refractivity contribution in [3.8, 4) is 0 Å². The highest BCUT2D eigenvalue weighted by Gasteiger charge is 2.40. The molecule has 0 saturated heterocycles. The molecule has 0 aliphatic rings. The van der Waals surface area contributed by atoms with Crippen LogP contribution in [0.2, 0.25) is 0 Å². The Bertz CT molecular complexity index is 533. The van der Waals surface area contributed by atoms with Crippen LogP contribution in [0.4, 0.5) is 5.69 Å². The van der Waals surface area contributed by atoms with Gasteiger partial charge in [-0.15, -0.1) is 0 Å². The van der Waals surface area contributed by atoms with Crippen molar-refractivity contribution in [2.24, 2.45) is 0 Å². The molecule has 0 unspecified atom stereocenters. The quantitative estimate of drug-likeness (QED) is 0.563. The van der Waals surface area contributed by atoms with Crippen LogP contribution in [0.25, 0.3) is 0 Å². The molecule has 8 heteroatoms. The summed E-state index contributed by atoms with van der Waals surface area (Å²) in [6, 6.07) is 10.5. The summed E-state index contributed by atoms with van der Waals surface area (Å²) in [5.41, 5.74) is -1.40. The molecule has 128 valence electrons. The van der Waals surface area contributed by atoms with Gasteiger partial charge in [-0.1, -0.05) is 18.2 Å². The number of carboxylic acid groups (broad SMARTS) is 3. The first kappa shape index (κ1) is 20.6. The van der Waals surface area contributed by atoms with E-state index in [0.29, 0.717) is 0 Å². The van der Waals surface area contributed by atoms with E-state index in [1.165, 1.54) is 5.69 Å². The Morgan fingerprint density at radius 3 is 1.52 bits per heavy atom. The predicted molar refractivity (Wildman–Crippen MR) is 83.1 cm³/mol. The van der Waals surface area contributed by atoms with Gasteiger partial charge in [0.1, 0.15) is 5.69 Å². The van der Waals surface area contributed by atoms with E-state index in [-0.39, 0.29) is 0 Å². The minimum atomic E-state index is -2.74. The molecule has 1 aromatic carbocycles. The minimum Gasteiger partial charge on any atom is -0.481 e. The molecule has 0 amide bonds. The van der Waals surface area contributed by atoms with E-state index in [1.54, 1.807) is 0 Å². The highest BCUT2D eigenvalue weighted by molar-refractivity contribution is 5.88. The number of rotatable bonds is 6. The summed E-state index contributed by atoms with van der Waals surface area (Å²) in [4.78, 5) is 30.5. The highest BCUT2D eigenvalue weighted by Crippen LogP contribution is 2.16. The molecule has 0 saturated carbocycles. The van der Waals surface area contributed by atoms with Crippen molar-refractivity contribution < 1.29 is 34.8 Å². The van der Waals surface area contributed by atoms with Crippen LogP contribution < -0.4 is 4.48 Å². The van der Waals surface area contributed by atoms with Crippen LogP contribution >= 0.6 is 0 Å². The number of para-hydroxylation sites is 1. The summed E-state index contributed by atoms with van der Waals surface area (Å²) in [5, 5.41) is 33.8. The fraction of sp³-hybridized carbons (Fsp3) is 0.400. The summed E-state index contributed by atoms with van der Waals surface area (Å²) in [7, 11) is 6.49. The molecule has 0 radical (unpaired) electrons. The molecule has 1 aromatic rings. The Morgan fingerprint density at radius 2 is 1.30 bits per heavy atom. The second-order valence-electron chi connectivity index (χ2n) is 5.83. The van der Waals surface area contributed by atoms with E-state index in [9.17, 15) is 14.4 Å². The number of aliphatic carboxylic acids is 3. The lowest BCUT2D eigenvalue weighted by molar-refractivity contribution is -0.170. The van der Waals surface area contributed by atoms with Crippen molar-refractivity contribution in [2.45, 2.75) is 18.4 Å². The number of carboxylic acids is 3. The molecule has 1 rings (SSSR count). The Kier molecular flexibility index (Phi) is 7.37. The first-order valence-electron chi connectivity index (χ1n) is 6.65. The van der Waals surface area contributed by atoms with E-state index in [0.717, 1.165) is 4.48 Å². The average molecular weight is 328 g/mol. The van der Waals surface area contributed by atoms with Crippen LogP contribution in [0.1, 0.15) is 12.8 Å². The summed E-state index contributed by atoms with van der Waals surface area (Å²) in [5.74, 6) is -5.02. The van der Waals surface area contributed by atoms with Crippen LogP contribution in [-0.2, 0) is 14.4 Å².